The van der Waals surface area contributed by atoms with E-state index in [0.717, 1.165) is 32.5 Å². The van der Waals surface area contributed by atoms with Gasteiger partial charge in [-0.25, -0.2) is 0 Å². The summed E-state index contributed by atoms with van der Waals surface area (Å²) in [5, 5.41) is 2.91. The Bertz CT molecular complexity index is 216. The molecule has 0 aliphatic heterocycles. The van der Waals surface area contributed by atoms with Gasteiger partial charge in [0, 0.05) is 13.1 Å². The van der Waals surface area contributed by atoms with Crippen LogP contribution in [0.5, 0.6) is 0 Å². The fraction of sp³-hybridized carbons (Fsp3) is 0.923. The number of hydrogen-bond acceptors (Lipinski definition) is 3. The molecule has 0 saturated heterocycles. The van der Waals surface area contributed by atoms with Crippen LogP contribution in [0.1, 0.15) is 40.5 Å². The van der Waals surface area contributed by atoms with E-state index in [-0.39, 0.29) is 36.8 Å². The molecule has 0 aromatic rings. The Hall–Kier alpha value is -0.0300. The third-order valence-electron chi connectivity index (χ3n) is 2.78. The normalized spacial score (nSPS) is 11.7. The van der Waals surface area contributed by atoms with Crippen LogP contribution in [-0.2, 0) is 4.79 Å². The Kier molecular flexibility index (Phi) is 18.2. The molecule has 3 N–H and O–H groups in total. The lowest BCUT2D eigenvalue weighted by atomic mass is 10.0. The van der Waals surface area contributed by atoms with Crippen LogP contribution in [0.3, 0.4) is 0 Å². The summed E-state index contributed by atoms with van der Waals surface area (Å²) in [6.07, 6.45) is 1.90. The molecule has 0 fully saturated rings. The number of carbonyl (C=O) groups is 1. The first kappa shape index (κ1) is 24.0. The van der Waals surface area contributed by atoms with E-state index < -0.39 is 0 Å². The van der Waals surface area contributed by atoms with Gasteiger partial charge in [0.1, 0.15) is 0 Å². The molecular formula is C13H31Cl2N3O. The first-order chi connectivity index (χ1) is 8.01. The minimum absolute atomic E-state index is 0. The van der Waals surface area contributed by atoms with Gasteiger partial charge in [0.25, 0.3) is 0 Å². The number of rotatable bonds is 9. The van der Waals surface area contributed by atoms with E-state index >= 15 is 0 Å². The number of likely N-dealkylation sites (N-methyl/N-ethyl adjacent to an activating group) is 1. The van der Waals surface area contributed by atoms with Crippen LogP contribution in [0.15, 0.2) is 0 Å². The lowest BCUT2D eigenvalue weighted by molar-refractivity contribution is -0.122. The molecular weight excluding hydrogens is 285 g/mol. The average Bonchev–Trinajstić information content (AvgIpc) is 2.26. The molecule has 0 radical (unpaired) electrons. The largest absolute Gasteiger partial charge is 0.353 e. The molecule has 0 aromatic carbocycles. The average molecular weight is 316 g/mol. The molecule has 118 valence electrons. The summed E-state index contributed by atoms with van der Waals surface area (Å²) >= 11 is 0. The zero-order valence-electron chi connectivity index (χ0n) is 12.6. The third kappa shape index (κ3) is 12.7. The molecule has 0 heterocycles. The van der Waals surface area contributed by atoms with Gasteiger partial charge in [-0.1, -0.05) is 27.7 Å². The minimum atomic E-state index is -0.365. The Balaban J connectivity index is -0.00000128. The van der Waals surface area contributed by atoms with Crippen LogP contribution in [0, 0.1) is 5.92 Å². The molecule has 0 saturated carbocycles. The number of nitrogens with two attached hydrogens (primary N) is 1. The fourth-order valence-corrected chi connectivity index (χ4v) is 1.83. The van der Waals surface area contributed by atoms with E-state index in [4.69, 9.17) is 5.73 Å². The molecule has 0 bridgehead atoms. The first-order valence-corrected chi connectivity index (χ1v) is 6.76. The number of nitrogens with one attached hydrogen (secondary N) is 1. The number of halogens is 2. The number of nitrogens with zero attached hydrogens (tertiary/aromatic N) is 1. The van der Waals surface area contributed by atoms with Crippen molar-refractivity contribution >= 4 is 30.7 Å². The van der Waals surface area contributed by atoms with Crippen LogP contribution in [-0.4, -0.2) is 43.0 Å². The van der Waals surface area contributed by atoms with E-state index in [9.17, 15) is 4.79 Å². The van der Waals surface area contributed by atoms with Crippen molar-refractivity contribution in [1.29, 1.82) is 0 Å². The molecule has 0 unspecified atom stereocenters. The van der Waals surface area contributed by atoms with Gasteiger partial charge in [0.2, 0.25) is 5.91 Å². The van der Waals surface area contributed by atoms with Crippen molar-refractivity contribution < 1.29 is 4.79 Å². The molecule has 4 nitrogen and oxygen atoms in total. The zero-order chi connectivity index (χ0) is 13.3. The molecule has 19 heavy (non-hydrogen) atoms. The zero-order valence-corrected chi connectivity index (χ0v) is 14.3. The van der Waals surface area contributed by atoms with E-state index in [2.05, 4.69) is 37.9 Å². The van der Waals surface area contributed by atoms with E-state index in [0.29, 0.717) is 12.5 Å². The highest BCUT2D eigenvalue weighted by atomic mass is 35.5. The maximum absolute atomic E-state index is 11.7. The topological polar surface area (TPSA) is 58.4 Å². The van der Waals surface area contributed by atoms with Crippen LogP contribution >= 0.6 is 24.8 Å². The van der Waals surface area contributed by atoms with E-state index in [1.165, 1.54) is 0 Å². The standard InChI is InChI=1S/C13H29N3O.2ClH/c1-5-8-16(6-2)9-7-15-13(17)12(14)10-11(3)4;;/h11-12H,5-10,14H2,1-4H3,(H,15,17);2*1H/t12-;;/m0../s1. The van der Waals surface area contributed by atoms with Crippen molar-refractivity contribution in [2.45, 2.75) is 46.6 Å². The Morgan fingerprint density at radius 3 is 2.21 bits per heavy atom. The summed E-state index contributed by atoms with van der Waals surface area (Å²) in [6.45, 7) is 12.2. The highest BCUT2D eigenvalue weighted by Crippen LogP contribution is 2.02. The van der Waals surface area contributed by atoms with Gasteiger partial charge in [-0.15, -0.1) is 24.8 Å². The maximum atomic E-state index is 11.7. The van der Waals surface area contributed by atoms with Gasteiger partial charge in [-0.3, -0.25) is 4.79 Å². The van der Waals surface area contributed by atoms with Crippen molar-refractivity contribution in [3.8, 4) is 0 Å². The Labute approximate surface area is 130 Å². The second kappa shape index (κ2) is 14.4. The molecule has 0 aliphatic carbocycles. The van der Waals surface area contributed by atoms with Gasteiger partial charge in [0.15, 0.2) is 0 Å². The monoisotopic (exact) mass is 315 g/mol. The summed E-state index contributed by atoms with van der Waals surface area (Å²) in [7, 11) is 0. The molecule has 6 heteroatoms. The molecule has 0 aliphatic rings. The maximum Gasteiger partial charge on any atom is 0.236 e. The van der Waals surface area contributed by atoms with Crippen molar-refractivity contribution in [2.75, 3.05) is 26.2 Å². The molecule has 0 aromatic heterocycles. The van der Waals surface area contributed by atoms with Crippen molar-refractivity contribution in [3.05, 3.63) is 0 Å². The van der Waals surface area contributed by atoms with Crippen molar-refractivity contribution in [2.24, 2.45) is 11.7 Å². The van der Waals surface area contributed by atoms with Crippen LogP contribution in [0.2, 0.25) is 0 Å². The molecule has 1 amide bonds. The van der Waals surface area contributed by atoms with Crippen molar-refractivity contribution in [3.63, 3.8) is 0 Å². The Morgan fingerprint density at radius 2 is 1.79 bits per heavy atom. The number of carbonyl (C=O) groups excluding carboxylic acids is 1. The number of amides is 1. The van der Waals surface area contributed by atoms with Gasteiger partial charge in [-0.05, 0) is 31.8 Å². The van der Waals surface area contributed by atoms with Crippen molar-refractivity contribution in [1.82, 2.24) is 10.2 Å². The van der Waals surface area contributed by atoms with E-state index in [1.807, 2.05) is 0 Å². The summed E-state index contributed by atoms with van der Waals surface area (Å²) < 4.78 is 0. The predicted molar refractivity (Wildman–Crippen MR) is 87.3 cm³/mol. The lowest BCUT2D eigenvalue weighted by Crippen LogP contribution is -2.44. The SMILES string of the molecule is CCCN(CC)CCNC(=O)[C@@H](N)CC(C)C.Cl.Cl. The fourth-order valence-electron chi connectivity index (χ4n) is 1.83. The lowest BCUT2D eigenvalue weighted by Gasteiger charge is -2.20. The minimum Gasteiger partial charge on any atom is -0.353 e. The number of hydrogen-bond donors (Lipinski definition) is 2. The predicted octanol–water partition coefficient (Wildman–Crippen LogP) is 2.05. The third-order valence-corrected chi connectivity index (χ3v) is 2.78. The molecule has 0 spiro atoms. The summed E-state index contributed by atoms with van der Waals surface area (Å²) in [5.41, 5.74) is 5.80. The second-order valence-corrected chi connectivity index (χ2v) is 4.96. The Morgan fingerprint density at radius 1 is 1.21 bits per heavy atom. The summed E-state index contributed by atoms with van der Waals surface area (Å²) in [5.74, 6) is 0.439. The molecule has 0 rings (SSSR count). The quantitative estimate of drug-likeness (QED) is 0.684. The summed E-state index contributed by atoms with van der Waals surface area (Å²) in [4.78, 5) is 14.0. The molecule has 1 atom stereocenters. The van der Waals surface area contributed by atoms with Crippen LogP contribution < -0.4 is 11.1 Å². The first-order valence-electron chi connectivity index (χ1n) is 6.76. The summed E-state index contributed by atoms with van der Waals surface area (Å²) in [6, 6.07) is -0.365. The highest BCUT2D eigenvalue weighted by molar-refractivity contribution is 5.85. The van der Waals surface area contributed by atoms with Gasteiger partial charge < -0.3 is 16.0 Å². The van der Waals surface area contributed by atoms with Gasteiger partial charge in [0.05, 0.1) is 6.04 Å². The second-order valence-electron chi connectivity index (χ2n) is 4.96. The van der Waals surface area contributed by atoms with E-state index in [1.54, 1.807) is 0 Å². The van der Waals surface area contributed by atoms with Crippen LogP contribution in [0.25, 0.3) is 0 Å². The smallest absolute Gasteiger partial charge is 0.236 e. The van der Waals surface area contributed by atoms with Gasteiger partial charge >= 0.3 is 0 Å². The van der Waals surface area contributed by atoms with Gasteiger partial charge in [-0.2, -0.15) is 0 Å². The van der Waals surface area contributed by atoms with Crippen LogP contribution in [0.4, 0.5) is 0 Å². The highest BCUT2D eigenvalue weighted by Gasteiger charge is 2.14.